The summed E-state index contributed by atoms with van der Waals surface area (Å²) in [5.41, 5.74) is 1.12. The van der Waals surface area contributed by atoms with E-state index in [4.69, 9.17) is 0 Å². The van der Waals surface area contributed by atoms with Crippen molar-refractivity contribution in [2.75, 3.05) is 52.6 Å². The van der Waals surface area contributed by atoms with Gasteiger partial charge in [0.1, 0.15) is 0 Å². The molecular weight excluding hydrogens is 318 g/mol. The average molecular weight is 348 g/mol. The van der Waals surface area contributed by atoms with Gasteiger partial charge in [0, 0.05) is 37.1 Å². The van der Waals surface area contributed by atoms with Crippen LogP contribution in [0.3, 0.4) is 0 Å². The minimum atomic E-state index is 0.273. The predicted molar refractivity (Wildman–Crippen MR) is 101 cm³/mol. The molecule has 2 saturated heterocycles. The molecule has 3 rings (SSSR count). The summed E-state index contributed by atoms with van der Waals surface area (Å²) in [7, 11) is 2.21. The Kier molecular flexibility index (Phi) is 6.19. The summed E-state index contributed by atoms with van der Waals surface area (Å²) in [5.74, 6) is 0.273. The zero-order chi connectivity index (χ0) is 16.9. The van der Waals surface area contributed by atoms with Crippen LogP contribution in [0.1, 0.15) is 18.4 Å². The van der Waals surface area contributed by atoms with Gasteiger partial charge in [0.25, 0.3) is 0 Å². The molecule has 24 heavy (non-hydrogen) atoms. The molecule has 0 unspecified atom stereocenters. The molecule has 132 valence electrons. The van der Waals surface area contributed by atoms with Gasteiger partial charge in [0.05, 0.1) is 6.42 Å². The van der Waals surface area contributed by atoms with E-state index in [9.17, 15) is 4.79 Å². The van der Waals surface area contributed by atoms with Crippen molar-refractivity contribution in [1.29, 1.82) is 0 Å². The molecule has 0 spiro atoms. The predicted octanol–water partition coefficient (Wildman–Crippen LogP) is 2.19. The van der Waals surface area contributed by atoms with E-state index in [1.165, 1.54) is 30.8 Å². The Hall–Kier alpha value is -1.04. The molecule has 0 aromatic heterocycles. The third kappa shape index (κ3) is 4.52. The van der Waals surface area contributed by atoms with Crippen LogP contribution in [0.5, 0.6) is 0 Å². The lowest BCUT2D eigenvalue weighted by Crippen LogP contribution is -2.54. The number of carbonyl (C=O) groups excluding carboxylic acids is 1. The number of likely N-dealkylation sites (tertiary alicyclic amines) is 1. The Balaban J connectivity index is 1.46. The summed E-state index contributed by atoms with van der Waals surface area (Å²) in [6, 6.07) is 9.09. The lowest BCUT2D eigenvalue weighted by atomic mass is 10.0. The van der Waals surface area contributed by atoms with Crippen molar-refractivity contribution in [3.63, 3.8) is 0 Å². The molecule has 4 nitrogen and oxygen atoms in total. The highest BCUT2D eigenvalue weighted by molar-refractivity contribution is 7.98. The first kappa shape index (κ1) is 17.8. The number of benzene rings is 1. The summed E-state index contributed by atoms with van der Waals surface area (Å²) in [6.45, 7) is 6.24. The van der Waals surface area contributed by atoms with Gasteiger partial charge >= 0.3 is 0 Å². The molecule has 1 aromatic carbocycles. The molecule has 0 atom stereocenters. The minimum Gasteiger partial charge on any atom is -0.340 e. The molecular formula is C19H29N3OS. The van der Waals surface area contributed by atoms with Crippen molar-refractivity contribution in [3.8, 4) is 0 Å². The molecule has 2 heterocycles. The van der Waals surface area contributed by atoms with Gasteiger partial charge < -0.3 is 9.80 Å². The number of piperazine rings is 1. The lowest BCUT2D eigenvalue weighted by molar-refractivity contribution is -0.132. The number of nitrogens with zero attached hydrogens (tertiary/aromatic N) is 3. The molecule has 1 aromatic rings. The maximum Gasteiger partial charge on any atom is 0.227 e. The second-order valence-corrected chi connectivity index (χ2v) is 7.86. The van der Waals surface area contributed by atoms with E-state index < -0.39 is 0 Å². The number of thioether (sulfide) groups is 1. The molecule has 0 radical (unpaired) electrons. The van der Waals surface area contributed by atoms with E-state index in [0.29, 0.717) is 6.42 Å². The van der Waals surface area contributed by atoms with Crippen molar-refractivity contribution in [2.45, 2.75) is 30.2 Å². The highest BCUT2D eigenvalue weighted by Crippen LogP contribution is 2.19. The van der Waals surface area contributed by atoms with Crippen molar-refractivity contribution < 1.29 is 4.79 Å². The van der Waals surface area contributed by atoms with Crippen LogP contribution in [-0.4, -0.2) is 79.2 Å². The van der Waals surface area contributed by atoms with Crippen LogP contribution in [-0.2, 0) is 11.2 Å². The van der Waals surface area contributed by atoms with Crippen LogP contribution < -0.4 is 0 Å². The van der Waals surface area contributed by atoms with E-state index in [1.54, 1.807) is 11.8 Å². The molecule has 0 saturated carbocycles. The highest BCUT2D eigenvalue weighted by Gasteiger charge is 2.27. The van der Waals surface area contributed by atoms with Gasteiger partial charge in [-0.3, -0.25) is 9.69 Å². The average Bonchev–Trinajstić information content (AvgIpc) is 2.63. The minimum absolute atomic E-state index is 0.273. The third-order valence-corrected chi connectivity index (χ3v) is 6.13. The fourth-order valence-electron chi connectivity index (χ4n) is 3.73. The zero-order valence-electron chi connectivity index (χ0n) is 14.9. The molecule has 2 aliphatic heterocycles. The number of hydrogen-bond donors (Lipinski definition) is 0. The fourth-order valence-corrected chi connectivity index (χ4v) is 4.13. The van der Waals surface area contributed by atoms with Gasteiger partial charge in [-0.1, -0.05) is 12.1 Å². The third-order valence-electron chi connectivity index (χ3n) is 5.39. The smallest absolute Gasteiger partial charge is 0.227 e. The SMILES string of the molecule is CSc1ccc(CC(=O)N2CCN(C3CCN(C)CC3)CC2)cc1. The molecule has 0 aliphatic carbocycles. The molecule has 0 bridgehead atoms. The Morgan fingerprint density at radius 2 is 1.67 bits per heavy atom. The van der Waals surface area contributed by atoms with Crippen LogP contribution in [0.4, 0.5) is 0 Å². The summed E-state index contributed by atoms with van der Waals surface area (Å²) in [4.78, 5) is 20.9. The van der Waals surface area contributed by atoms with Gasteiger partial charge in [-0.25, -0.2) is 0 Å². The number of amides is 1. The van der Waals surface area contributed by atoms with Gasteiger partial charge in [0.2, 0.25) is 5.91 Å². The Labute approximate surface area is 150 Å². The molecule has 5 heteroatoms. The fraction of sp³-hybridized carbons (Fsp3) is 0.632. The van der Waals surface area contributed by atoms with Crippen LogP contribution in [0.2, 0.25) is 0 Å². The normalized spacial score (nSPS) is 21.2. The number of rotatable bonds is 4. The van der Waals surface area contributed by atoms with E-state index in [2.05, 4.69) is 47.4 Å². The number of carbonyl (C=O) groups is 1. The van der Waals surface area contributed by atoms with E-state index in [1.807, 2.05) is 4.90 Å². The standard InChI is InChI=1S/C19H29N3OS/c1-20-9-7-17(8-10-20)21-11-13-22(14-12-21)19(23)15-16-3-5-18(24-2)6-4-16/h3-6,17H,7-15H2,1-2H3. The van der Waals surface area contributed by atoms with Crippen LogP contribution >= 0.6 is 11.8 Å². The zero-order valence-corrected chi connectivity index (χ0v) is 15.7. The number of piperidine rings is 1. The Bertz CT molecular complexity index is 532. The van der Waals surface area contributed by atoms with Crippen LogP contribution in [0.15, 0.2) is 29.2 Å². The Morgan fingerprint density at radius 3 is 2.25 bits per heavy atom. The monoisotopic (exact) mass is 347 g/mol. The van der Waals surface area contributed by atoms with Crippen molar-refractivity contribution in [3.05, 3.63) is 29.8 Å². The highest BCUT2D eigenvalue weighted by atomic mass is 32.2. The van der Waals surface area contributed by atoms with Gasteiger partial charge in [-0.05, 0) is 56.9 Å². The first-order chi connectivity index (χ1) is 11.7. The Morgan fingerprint density at radius 1 is 1.04 bits per heavy atom. The van der Waals surface area contributed by atoms with Crippen molar-refractivity contribution in [1.82, 2.24) is 14.7 Å². The van der Waals surface area contributed by atoms with E-state index >= 15 is 0 Å². The second kappa shape index (κ2) is 8.37. The second-order valence-electron chi connectivity index (χ2n) is 6.98. The lowest BCUT2D eigenvalue weighted by Gasteiger charge is -2.42. The maximum atomic E-state index is 12.5. The topological polar surface area (TPSA) is 26.8 Å². The van der Waals surface area contributed by atoms with Gasteiger partial charge in [-0.15, -0.1) is 11.8 Å². The summed E-state index contributed by atoms with van der Waals surface area (Å²) in [6.07, 6.45) is 5.14. The molecule has 2 aliphatic rings. The van der Waals surface area contributed by atoms with Gasteiger partial charge in [0.15, 0.2) is 0 Å². The molecule has 2 fully saturated rings. The first-order valence-corrected chi connectivity index (χ1v) is 10.2. The summed E-state index contributed by atoms with van der Waals surface area (Å²) >= 11 is 1.73. The molecule has 1 amide bonds. The van der Waals surface area contributed by atoms with Crippen molar-refractivity contribution in [2.24, 2.45) is 0 Å². The van der Waals surface area contributed by atoms with Crippen molar-refractivity contribution >= 4 is 17.7 Å². The number of hydrogen-bond acceptors (Lipinski definition) is 4. The summed E-state index contributed by atoms with van der Waals surface area (Å²) in [5, 5.41) is 0. The van der Waals surface area contributed by atoms with Crippen LogP contribution in [0, 0.1) is 0 Å². The summed E-state index contributed by atoms with van der Waals surface area (Å²) < 4.78 is 0. The first-order valence-electron chi connectivity index (χ1n) is 8.99. The van der Waals surface area contributed by atoms with E-state index in [0.717, 1.165) is 37.8 Å². The van der Waals surface area contributed by atoms with Crippen LogP contribution in [0.25, 0.3) is 0 Å². The van der Waals surface area contributed by atoms with E-state index in [-0.39, 0.29) is 5.91 Å². The van der Waals surface area contributed by atoms with Gasteiger partial charge in [-0.2, -0.15) is 0 Å². The maximum absolute atomic E-state index is 12.5. The quantitative estimate of drug-likeness (QED) is 0.780. The molecule has 0 N–H and O–H groups in total. The largest absolute Gasteiger partial charge is 0.340 e.